The van der Waals surface area contributed by atoms with Gasteiger partial charge in [0.25, 0.3) is 0 Å². The van der Waals surface area contributed by atoms with E-state index in [1.54, 1.807) is 0 Å². The van der Waals surface area contributed by atoms with Gasteiger partial charge in [-0.3, -0.25) is 9.59 Å². The minimum Gasteiger partial charge on any atom is -0.480 e. The third-order valence-electron chi connectivity index (χ3n) is 3.18. The van der Waals surface area contributed by atoms with Crippen molar-refractivity contribution in [1.82, 2.24) is 10.6 Å². The Kier molecular flexibility index (Phi) is 18.0. The highest BCUT2D eigenvalue weighted by Crippen LogP contribution is 2.01. The average molecular weight is 433 g/mol. The number of carbonyl (C=O) groups excluding carboxylic acids is 1. The molecule has 11 nitrogen and oxygen atoms in total. The third-order valence-corrected chi connectivity index (χ3v) is 3.91. The Hall–Kier alpha value is -0.930. The van der Waals surface area contributed by atoms with Crippen LogP contribution in [0.25, 0.3) is 0 Å². The summed E-state index contributed by atoms with van der Waals surface area (Å²) in [6.45, 7) is 0.0707. The van der Waals surface area contributed by atoms with Gasteiger partial charge in [0.1, 0.15) is 30.6 Å². The minimum absolute atomic E-state index is 0.185. The lowest BCUT2D eigenvalue weighted by Crippen LogP contribution is -2.45. The quantitative estimate of drug-likeness (QED) is 0.0745. The summed E-state index contributed by atoms with van der Waals surface area (Å²) in [6.07, 6.45) is -4.00. The Morgan fingerprint density at radius 3 is 1.56 bits per heavy atom. The molecule has 0 amide bonds. The number of thiol groups is 2. The van der Waals surface area contributed by atoms with Crippen LogP contribution in [0.4, 0.5) is 0 Å². The SMILES string of the molecule is O=C(O)C(CS)NCCNC(CS)C(=O)O.O=CCC(O)C(O)C(O)CO. The second kappa shape index (κ2) is 17.2. The maximum atomic E-state index is 10.6. The number of aliphatic hydroxyl groups is 4. The largest absolute Gasteiger partial charge is 0.480 e. The Morgan fingerprint density at radius 2 is 1.30 bits per heavy atom. The van der Waals surface area contributed by atoms with Crippen molar-refractivity contribution in [2.45, 2.75) is 36.8 Å². The fourth-order valence-corrected chi connectivity index (χ4v) is 2.13. The first-order valence-corrected chi connectivity index (χ1v) is 9.15. The van der Waals surface area contributed by atoms with Crippen LogP contribution in [0.3, 0.4) is 0 Å². The average Bonchev–Trinajstić information content (AvgIpc) is 2.63. The molecule has 0 aromatic rings. The van der Waals surface area contributed by atoms with Gasteiger partial charge in [-0.2, -0.15) is 25.3 Å². The highest BCUT2D eigenvalue weighted by atomic mass is 32.1. The van der Waals surface area contributed by atoms with E-state index in [9.17, 15) is 14.4 Å². The van der Waals surface area contributed by atoms with Crippen molar-refractivity contribution in [1.29, 1.82) is 0 Å². The van der Waals surface area contributed by atoms with Gasteiger partial charge in [0.05, 0.1) is 12.7 Å². The Bertz CT molecular complexity index is 407. The predicted molar refractivity (Wildman–Crippen MR) is 102 cm³/mol. The van der Waals surface area contributed by atoms with Gasteiger partial charge >= 0.3 is 11.9 Å². The molecule has 0 spiro atoms. The maximum Gasteiger partial charge on any atom is 0.321 e. The van der Waals surface area contributed by atoms with Crippen LogP contribution in [0.15, 0.2) is 0 Å². The van der Waals surface area contributed by atoms with Crippen molar-refractivity contribution in [2.75, 3.05) is 31.2 Å². The fraction of sp³-hybridized carbons (Fsp3) is 0.786. The Labute approximate surface area is 167 Å². The van der Waals surface area contributed by atoms with Crippen LogP contribution in [0.5, 0.6) is 0 Å². The molecular formula is C14H28N2O9S2. The van der Waals surface area contributed by atoms with E-state index in [0.717, 1.165) is 0 Å². The molecule has 5 atom stereocenters. The smallest absolute Gasteiger partial charge is 0.321 e. The summed E-state index contributed by atoms with van der Waals surface area (Å²) in [6, 6.07) is -1.44. The van der Waals surface area contributed by atoms with Crippen LogP contribution in [-0.4, -0.2) is 110 Å². The zero-order valence-corrected chi connectivity index (χ0v) is 16.3. The fourth-order valence-electron chi connectivity index (χ4n) is 1.56. The van der Waals surface area contributed by atoms with Crippen molar-refractivity contribution in [3.8, 4) is 0 Å². The number of hydrogen-bond acceptors (Lipinski definition) is 11. The molecule has 0 aliphatic rings. The van der Waals surface area contributed by atoms with Crippen molar-refractivity contribution >= 4 is 43.5 Å². The van der Waals surface area contributed by atoms with Gasteiger partial charge < -0.3 is 46.1 Å². The molecule has 8 N–H and O–H groups in total. The van der Waals surface area contributed by atoms with E-state index in [0.29, 0.717) is 19.4 Å². The van der Waals surface area contributed by atoms with Crippen LogP contribution in [-0.2, 0) is 14.4 Å². The number of carboxylic acids is 2. The maximum absolute atomic E-state index is 10.6. The second-order valence-corrected chi connectivity index (χ2v) is 6.00. The number of aldehydes is 1. The van der Waals surface area contributed by atoms with Gasteiger partial charge in [0.2, 0.25) is 0 Å². The summed E-state index contributed by atoms with van der Waals surface area (Å²) in [5, 5.41) is 57.6. The van der Waals surface area contributed by atoms with Crippen LogP contribution < -0.4 is 10.6 Å². The number of aliphatic carboxylic acids is 2. The zero-order chi connectivity index (χ0) is 21.4. The number of carboxylic acid groups (broad SMARTS) is 2. The van der Waals surface area contributed by atoms with Gasteiger partial charge in [-0.05, 0) is 0 Å². The van der Waals surface area contributed by atoms with Crippen LogP contribution >= 0.6 is 25.3 Å². The van der Waals surface area contributed by atoms with Gasteiger partial charge in [0.15, 0.2) is 0 Å². The molecular weight excluding hydrogens is 404 g/mol. The molecule has 0 saturated carbocycles. The van der Waals surface area contributed by atoms with Crippen molar-refractivity contribution < 1.29 is 45.0 Å². The van der Waals surface area contributed by atoms with Crippen molar-refractivity contribution in [2.24, 2.45) is 0 Å². The summed E-state index contributed by atoms with van der Waals surface area (Å²) < 4.78 is 0. The first kappa shape index (κ1) is 28.3. The van der Waals surface area contributed by atoms with Gasteiger partial charge in [-0.25, -0.2) is 0 Å². The van der Waals surface area contributed by atoms with E-state index in [2.05, 4.69) is 35.9 Å². The lowest BCUT2D eigenvalue weighted by molar-refractivity contribution is -0.140. The predicted octanol–water partition coefficient (Wildman–Crippen LogP) is -3.42. The molecule has 0 aliphatic carbocycles. The summed E-state index contributed by atoms with van der Waals surface area (Å²) >= 11 is 7.76. The van der Waals surface area contributed by atoms with Gasteiger partial charge in [-0.1, -0.05) is 0 Å². The molecule has 160 valence electrons. The van der Waals surface area contributed by atoms with E-state index in [1.165, 1.54) is 0 Å². The van der Waals surface area contributed by atoms with Crippen LogP contribution in [0, 0.1) is 0 Å². The van der Waals surface area contributed by atoms with E-state index >= 15 is 0 Å². The van der Waals surface area contributed by atoms with Gasteiger partial charge in [-0.15, -0.1) is 0 Å². The molecule has 0 heterocycles. The number of hydrogen-bond donors (Lipinski definition) is 10. The molecule has 13 heteroatoms. The van der Waals surface area contributed by atoms with Crippen molar-refractivity contribution in [3.63, 3.8) is 0 Å². The summed E-state index contributed by atoms with van der Waals surface area (Å²) in [4.78, 5) is 31.0. The van der Waals surface area contributed by atoms with E-state index < -0.39 is 48.9 Å². The van der Waals surface area contributed by atoms with E-state index in [4.69, 9.17) is 30.6 Å². The van der Waals surface area contributed by atoms with Crippen LogP contribution in [0.2, 0.25) is 0 Å². The standard InChI is InChI=1S/C8H16N2O4S2.C6H12O5/c11-7(12)5(3-15)9-1-2-10-6(4-16)8(13)14;7-2-1-4(9)6(11)5(10)3-8/h5-6,9-10,15-16H,1-4H2,(H,11,12)(H,13,14);2,4-6,8-11H,1,3H2. The highest BCUT2D eigenvalue weighted by molar-refractivity contribution is 7.80. The molecule has 0 aromatic carbocycles. The Morgan fingerprint density at radius 1 is 0.889 bits per heavy atom. The number of aliphatic hydroxyl groups excluding tert-OH is 4. The first-order valence-electron chi connectivity index (χ1n) is 7.88. The Balaban J connectivity index is 0. The monoisotopic (exact) mass is 432 g/mol. The lowest BCUT2D eigenvalue weighted by Gasteiger charge is -2.19. The lowest BCUT2D eigenvalue weighted by atomic mass is 10.1. The molecule has 0 saturated heterocycles. The second-order valence-electron chi connectivity index (χ2n) is 5.27. The highest BCUT2D eigenvalue weighted by Gasteiger charge is 2.23. The zero-order valence-electron chi connectivity index (χ0n) is 14.5. The molecule has 0 radical (unpaired) electrons. The van der Waals surface area contributed by atoms with E-state index in [-0.39, 0.29) is 17.9 Å². The first-order chi connectivity index (χ1) is 12.7. The van der Waals surface area contributed by atoms with Crippen molar-refractivity contribution in [3.05, 3.63) is 0 Å². The molecule has 0 fully saturated rings. The molecule has 0 rings (SSSR count). The topological polar surface area (TPSA) is 197 Å². The third kappa shape index (κ3) is 13.8. The number of carbonyl (C=O) groups is 3. The normalized spacial score (nSPS) is 16.2. The molecule has 0 bridgehead atoms. The molecule has 0 aliphatic heterocycles. The van der Waals surface area contributed by atoms with Gasteiger partial charge in [0, 0.05) is 31.0 Å². The molecule has 27 heavy (non-hydrogen) atoms. The molecule has 0 aromatic heterocycles. The summed E-state index contributed by atoms with van der Waals surface area (Å²) in [5.74, 6) is -1.58. The number of rotatable bonds is 14. The number of nitrogens with one attached hydrogen (secondary N) is 2. The minimum atomic E-state index is -1.47. The summed E-state index contributed by atoms with van der Waals surface area (Å²) in [5.41, 5.74) is 0. The van der Waals surface area contributed by atoms with Crippen LogP contribution in [0.1, 0.15) is 6.42 Å². The molecule has 5 unspecified atom stereocenters. The van der Waals surface area contributed by atoms with E-state index in [1.807, 2.05) is 0 Å². The summed E-state index contributed by atoms with van der Waals surface area (Å²) in [7, 11) is 0.